The van der Waals surface area contributed by atoms with Gasteiger partial charge in [-0.3, -0.25) is 0 Å². The van der Waals surface area contributed by atoms with Gasteiger partial charge in [-0.05, 0) is 41.8 Å². The number of hydrogen-bond acceptors (Lipinski definition) is 4. The lowest BCUT2D eigenvalue weighted by Gasteiger charge is -2.07. The van der Waals surface area contributed by atoms with E-state index < -0.39 is 5.97 Å². The summed E-state index contributed by atoms with van der Waals surface area (Å²) < 4.78 is 0. The lowest BCUT2D eigenvalue weighted by Crippen LogP contribution is -2.17. The normalized spacial score (nSPS) is 11.2. The zero-order valence-electron chi connectivity index (χ0n) is 14.3. The Morgan fingerprint density at radius 2 is 1.54 bits per heavy atom. The van der Waals surface area contributed by atoms with E-state index in [0.717, 1.165) is 16.7 Å². The molecular formula is C21H19N3O2. The average Bonchev–Trinajstić information content (AvgIpc) is 2.69. The molecule has 0 bridgehead atoms. The quantitative estimate of drug-likeness (QED) is 0.248. The molecule has 0 atom stereocenters. The number of carbonyl (C=O) groups excluding carboxylic acids is 1. The molecule has 3 rings (SSSR count). The van der Waals surface area contributed by atoms with Gasteiger partial charge in [-0.1, -0.05) is 59.8 Å². The summed E-state index contributed by atoms with van der Waals surface area (Å²) in [5, 5.41) is 3.74. The van der Waals surface area contributed by atoms with Crippen LogP contribution in [0.3, 0.4) is 0 Å². The Balaban J connectivity index is 1.73. The van der Waals surface area contributed by atoms with Gasteiger partial charge in [0.15, 0.2) is 5.84 Å². The minimum Gasteiger partial charge on any atom is -0.398 e. The van der Waals surface area contributed by atoms with E-state index in [1.165, 1.54) is 0 Å². The number of nitrogens with two attached hydrogens (primary N) is 2. The molecule has 26 heavy (non-hydrogen) atoms. The molecule has 0 saturated heterocycles. The molecule has 5 heteroatoms. The molecule has 0 radical (unpaired) electrons. The molecule has 4 N–H and O–H groups in total. The van der Waals surface area contributed by atoms with Gasteiger partial charge in [0.05, 0.1) is 5.56 Å². The number of carbonyl (C=O) groups is 1. The van der Waals surface area contributed by atoms with Crippen LogP contribution in [0.2, 0.25) is 0 Å². The molecule has 0 aliphatic rings. The highest BCUT2D eigenvalue weighted by Crippen LogP contribution is 2.20. The molecule has 0 unspecified atom stereocenters. The van der Waals surface area contributed by atoms with Crippen molar-refractivity contribution in [3.63, 3.8) is 0 Å². The van der Waals surface area contributed by atoms with Crippen molar-refractivity contribution in [3.8, 4) is 11.1 Å². The van der Waals surface area contributed by atoms with Gasteiger partial charge in [0.1, 0.15) is 0 Å². The van der Waals surface area contributed by atoms with Gasteiger partial charge >= 0.3 is 5.97 Å². The summed E-state index contributed by atoms with van der Waals surface area (Å²) in [5.74, 6) is -0.474. The van der Waals surface area contributed by atoms with Gasteiger partial charge in [0, 0.05) is 11.3 Å². The predicted octanol–water partition coefficient (Wildman–Crippen LogP) is 3.72. The number of anilines is 1. The van der Waals surface area contributed by atoms with Gasteiger partial charge in [-0.2, -0.15) is 0 Å². The lowest BCUT2D eigenvalue weighted by atomic mass is 10.0. The largest absolute Gasteiger partial charge is 0.398 e. The minimum absolute atomic E-state index is 0.101. The monoisotopic (exact) mass is 345 g/mol. The van der Waals surface area contributed by atoms with Crippen LogP contribution in [0.1, 0.15) is 21.5 Å². The Hall–Kier alpha value is -3.60. The molecule has 3 aromatic rings. The second-order valence-corrected chi connectivity index (χ2v) is 5.82. The smallest absolute Gasteiger partial charge is 0.365 e. The Kier molecular flexibility index (Phi) is 4.99. The van der Waals surface area contributed by atoms with Crippen molar-refractivity contribution < 1.29 is 9.63 Å². The summed E-state index contributed by atoms with van der Waals surface area (Å²) in [6.45, 7) is 1.83. The van der Waals surface area contributed by atoms with E-state index in [2.05, 4.69) is 5.16 Å². The van der Waals surface area contributed by atoms with Crippen LogP contribution in [0.4, 0.5) is 5.69 Å². The maximum atomic E-state index is 12.2. The standard InChI is InChI=1S/C21H19N3O2/c1-14-18(8-5-9-19(14)22)20(23)24-26-21(25)17-12-10-16(11-13-17)15-6-3-2-4-7-15/h2-13H,22H2,1H3,(H2,23,24). The van der Waals surface area contributed by atoms with Crippen molar-refractivity contribution in [1.82, 2.24) is 0 Å². The number of benzene rings is 3. The second-order valence-electron chi connectivity index (χ2n) is 5.82. The van der Waals surface area contributed by atoms with Crippen LogP contribution < -0.4 is 11.5 Å². The van der Waals surface area contributed by atoms with E-state index in [1.54, 1.807) is 30.3 Å². The first-order valence-electron chi connectivity index (χ1n) is 8.12. The zero-order chi connectivity index (χ0) is 18.5. The molecule has 0 amide bonds. The van der Waals surface area contributed by atoms with Crippen LogP contribution in [-0.2, 0) is 4.84 Å². The SMILES string of the molecule is Cc1c(N)cccc1/C(N)=N/OC(=O)c1ccc(-c2ccccc2)cc1. The molecule has 0 aromatic heterocycles. The summed E-state index contributed by atoms with van der Waals surface area (Å²) in [6.07, 6.45) is 0. The summed E-state index contributed by atoms with van der Waals surface area (Å²) in [6, 6.07) is 22.3. The third-order valence-electron chi connectivity index (χ3n) is 4.11. The van der Waals surface area contributed by atoms with Gasteiger partial charge in [0.2, 0.25) is 0 Å². The number of amidine groups is 1. The Morgan fingerprint density at radius 3 is 2.23 bits per heavy atom. The first-order chi connectivity index (χ1) is 12.6. The maximum absolute atomic E-state index is 12.2. The van der Waals surface area contributed by atoms with Crippen molar-refractivity contribution in [2.75, 3.05) is 5.73 Å². The van der Waals surface area contributed by atoms with Crippen LogP contribution in [-0.4, -0.2) is 11.8 Å². The van der Waals surface area contributed by atoms with Crippen LogP contribution in [0.5, 0.6) is 0 Å². The Morgan fingerprint density at radius 1 is 0.885 bits per heavy atom. The third kappa shape index (κ3) is 3.72. The van der Waals surface area contributed by atoms with E-state index in [1.807, 2.05) is 49.4 Å². The van der Waals surface area contributed by atoms with E-state index in [4.69, 9.17) is 16.3 Å². The lowest BCUT2D eigenvalue weighted by molar-refractivity contribution is 0.0516. The fourth-order valence-corrected chi connectivity index (χ4v) is 2.55. The fourth-order valence-electron chi connectivity index (χ4n) is 2.55. The average molecular weight is 345 g/mol. The zero-order valence-corrected chi connectivity index (χ0v) is 14.3. The predicted molar refractivity (Wildman–Crippen MR) is 104 cm³/mol. The topological polar surface area (TPSA) is 90.7 Å². The minimum atomic E-state index is -0.575. The van der Waals surface area contributed by atoms with Crippen molar-refractivity contribution in [1.29, 1.82) is 0 Å². The summed E-state index contributed by atoms with van der Waals surface area (Å²) in [5.41, 5.74) is 16.3. The molecule has 0 heterocycles. The molecule has 5 nitrogen and oxygen atoms in total. The molecule has 3 aromatic carbocycles. The summed E-state index contributed by atoms with van der Waals surface area (Å²) >= 11 is 0. The van der Waals surface area contributed by atoms with Gasteiger partial charge < -0.3 is 16.3 Å². The molecular weight excluding hydrogens is 326 g/mol. The van der Waals surface area contributed by atoms with Crippen LogP contribution in [0, 0.1) is 6.92 Å². The van der Waals surface area contributed by atoms with Crippen molar-refractivity contribution >= 4 is 17.5 Å². The van der Waals surface area contributed by atoms with Crippen LogP contribution in [0.25, 0.3) is 11.1 Å². The first-order valence-corrected chi connectivity index (χ1v) is 8.12. The molecule has 0 aliphatic heterocycles. The Bertz CT molecular complexity index is 949. The number of nitrogen functional groups attached to an aromatic ring is 1. The number of rotatable bonds is 4. The third-order valence-corrected chi connectivity index (χ3v) is 4.11. The molecule has 0 saturated carbocycles. The van der Waals surface area contributed by atoms with Crippen molar-refractivity contribution in [2.45, 2.75) is 6.92 Å². The van der Waals surface area contributed by atoms with Gasteiger partial charge in [-0.25, -0.2) is 4.79 Å². The maximum Gasteiger partial charge on any atom is 0.365 e. The van der Waals surface area contributed by atoms with E-state index >= 15 is 0 Å². The summed E-state index contributed by atoms with van der Waals surface area (Å²) in [4.78, 5) is 17.1. The first kappa shape index (κ1) is 17.2. The molecule has 0 spiro atoms. The highest BCUT2D eigenvalue weighted by atomic mass is 16.7. The van der Waals surface area contributed by atoms with E-state index in [9.17, 15) is 4.79 Å². The van der Waals surface area contributed by atoms with Gasteiger partial charge in [-0.15, -0.1) is 0 Å². The molecule has 130 valence electrons. The summed E-state index contributed by atoms with van der Waals surface area (Å²) in [7, 11) is 0. The van der Waals surface area contributed by atoms with Gasteiger partial charge in [0.25, 0.3) is 0 Å². The van der Waals surface area contributed by atoms with Crippen molar-refractivity contribution in [2.24, 2.45) is 10.9 Å². The van der Waals surface area contributed by atoms with Crippen LogP contribution in [0.15, 0.2) is 78.0 Å². The Labute approximate surface area is 151 Å². The van der Waals surface area contributed by atoms with Crippen molar-refractivity contribution in [3.05, 3.63) is 89.5 Å². The second kappa shape index (κ2) is 7.53. The van der Waals surface area contributed by atoms with E-state index in [0.29, 0.717) is 16.8 Å². The van der Waals surface area contributed by atoms with Crippen LogP contribution >= 0.6 is 0 Å². The molecule has 0 aliphatic carbocycles. The number of hydrogen-bond donors (Lipinski definition) is 2. The highest BCUT2D eigenvalue weighted by molar-refractivity contribution is 6.00. The number of oxime groups is 1. The number of nitrogens with zero attached hydrogens (tertiary/aromatic N) is 1. The van der Waals surface area contributed by atoms with E-state index in [-0.39, 0.29) is 5.84 Å². The molecule has 0 fully saturated rings. The highest BCUT2D eigenvalue weighted by Gasteiger charge is 2.10. The fraction of sp³-hybridized carbons (Fsp3) is 0.0476.